The van der Waals surface area contributed by atoms with Crippen LogP contribution < -0.4 is 10.1 Å². The molecule has 16 heavy (non-hydrogen) atoms. The predicted octanol–water partition coefficient (Wildman–Crippen LogP) is 3.29. The van der Waals surface area contributed by atoms with Gasteiger partial charge in [0.05, 0.1) is 6.61 Å². The number of hydrogen-bond acceptors (Lipinski definition) is 2. The normalized spacial score (nSPS) is 21.4. The third-order valence-corrected chi connectivity index (χ3v) is 3.13. The van der Waals surface area contributed by atoms with E-state index in [2.05, 4.69) is 23.5 Å². The van der Waals surface area contributed by atoms with Crippen LogP contribution in [0.1, 0.15) is 44.2 Å². The van der Waals surface area contributed by atoms with Gasteiger partial charge in [-0.15, -0.1) is 0 Å². The van der Waals surface area contributed by atoms with Gasteiger partial charge in [-0.1, -0.05) is 25.0 Å². The minimum Gasteiger partial charge on any atom is -0.494 e. The van der Waals surface area contributed by atoms with Crippen LogP contribution >= 0.6 is 0 Å². The van der Waals surface area contributed by atoms with Crippen molar-refractivity contribution in [2.45, 2.75) is 38.6 Å². The molecular formula is C14H21NO. The predicted molar refractivity (Wildman–Crippen MR) is 66.8 cm³/mol. The molecule has 0 spiro atoms. The third-order valence-electron chi connectivity index (χ3n) is 3.13. The molecule has 1 aromatic rings. The van der Waals surface area contributed by atoms with Gasteiger partial charge in [-0.05, 0) is 44.0 Å². The van der Waals surface area contributed by atoms with Gasteiger partial charge in [-0.25, -0.2) is 0 Å². The van der Waals surface area contributed by atoms with Crippen LogP contribution in [0.2, 0.25) is 0 Å². The van der Waals surface area contributed by atoms with E-state index in [-0.39, 0.29) is 0 Å². The molecule has 1 saturated heterocycles. The molecular weight excluding hydrogens is 198 g/mol. The zero-order valence-corrected chi connectivity index (χ0v) is 10.0. The Morgan fingerprint density at radius 2 is 2.25 bits per heavy atom. The monoisotopic (exact) mass is 219 g/mol. The Bertz CT molecular complexity index is 316. The van der Waals surface area contributed by atoms with Crippen molar-refractivity contribution in [2.75, 3.05) is 13.2 Å². The molecule has 0 saturated carbocycles. The smallest absolute Gasteiger partial charge is 0.119 e. The largest absolute Gasteiger partial charge is 0.494 e. The van der Waals surface area contributed by atoms with E-state index in [1.807, 2.05) is 13.0 Å². The summed E-state index contributed by atoms with van der Waals surface area (Å²) >= 11 is 0. The minimum atomic E-state index is 0.517. The molecule has 2 nitrogen and oxygen atoms in total. The topological polar surface area (TPSA) is 21.3 Å². The summed E-state index contributed by atoms with van der Waals surface area (Å²) in [7, 11) is 0. The Balaban J connectivity index is 2.08. The Morgan fingerprint density at radius 3 is 3.12 bits per heavy atom. The second kappa shape index (κ2) is 5.90. The van der Waals surface area contributed by atoms with E-state index in [0.717, 1.165) is 18.9 Å². The molecule has 1 aliphatic heterocycles. The molecule has 2 rings (SSSR count). The molecule has 0 radical (unpaired) electrons. The van der Waals surface area contributed by atoms with Gasteiger partial charge in [-0.2, -0.15) is 0 Å². The van der Waals surface area contributed by atoms with E-state index < -0.39 is 0 Å². The van der Waals surface area contributed by atoms with Gasteiger partial charge in [0.15, 0.2) is 0 Å². The quantitative estimate of drug-likeness (QED) is 0.842. The van der Waals surface area contributed by atoms with Crippen molar-refractivity contribution in [1.82, 2.24) is 5.32 Å². The van der Waals surface area contributed by atoms with Crippen LogP contribution in [0.5, 0.6) is 5.75 Å². The van der Waals surface area contributed by atoms with Crippen LogP contribution in [0.15, 0.2) is 24.3 Å². The number of ether oxygens (including phenoxy) is 1. The fraction of sp³-hybridized carbons (Fsp3) is 0.571. The first-order chi connectivity index (χ1) is 7.90. The Labute approximate surface area is 98.0 Å². The van der Waals surface area contributed by atoms with E-state index in [4.69, 9.17) is 4.74 Å². The molecule has 1 fully saturated rings. The van der Waals surface area contributed by atoms with Gasteiger partial charge in [0.25, 0.3) is 0 Å². The van der Waals surface area contributed by atoms with Crippen molar-refractivity contribution < 1.29 is 4.74 Å². The Kier molecular flexibility index (Phi) is 4.23. The van der Waals surface area contributed by atoms with Crippen LogP contribution in [-0.2, 0) is 0 Å². The highest BCUT2D eigenvalue weighted by atomic mass is 16.5. The molecule has 88 valence electrons. The van der Waals surface area contributed by atoms with Crippen molar-refractivity contribution in [2.24, 2.45) is 0 Å². The molecule has 1 unspecified atom stereocenters. The van der Waals surface area contributed by atoms with Gasteiger partial charge >= 0.3 is 0 Å². The number of nitrogens with one attached hydrogen (secondary N) is 1. The molecule has 1 heterocycles. The lowest BCUT2D eigenvalue weighted by Crippen LogP contribution is -2.20. The molecule has 1 aliphatic rings. The molecule has 1 aromatic carbocycles. The van der Waals surface area contributed by atoms with Crippen LogP contribution in [0, 0.1) is 0 Å². The fourth-order valence-corrected chi connectivity index (χ4v) is 2.30. The summed E-state index contributed by atoms with van der Waals surface area (Å²) in [5, 5.41) is 3.61. The van der Waals surface area contributed by atoms with Crippen LogP contribution in [0.4, 0.5) is 0 Å². The minimum absolute atomic E-state index is 0.517. The zero-order valence-electron chi connectivity index (χ0n) is 10.0. The van der Waals surface area contributed by atoms with Crippen LogP contribution in [0.25, 0.3) is 0 Å². The second-order valence-electron chi connectivity index (χ2n) is 4.36. The number of hydrogen-bond donors (Lipinski definition) is 1. The van der Waals surface area contributed by atoms with Crippen molar-refractivity contribution in [3.05, 3.63) is 29.8 Å². The lowest BCUT2D eigenvalue weighted by atomic mass is 10.0. The van der Waals surface area contributed by atoms with Crippen molar-refractivity contribution in [3.63, 3.8) is 0 Å². The van der Waals surface area contributed by atoms with E-state index in [9.17, 15) is 0 Å². The summed E-state index contributed by atoms with van der Waals surface area (Å²) in [5.41, 5.74) is 1.37. The van der Waals surface area contributed by atoms with Gasteiger partial charge in [-0.3, -0.25) is 0 Å². The van der Waals surface area contributed by atoms with Crippen molar-refractivity contribution in [3.8, 4) is 5.75 Å². The van der Waals surface area contributed by atoms with Crippen molar-refractivity contribution >= 4 is 0 Å². The Hall–Kier alpha value is -1.02. The first-order valence-electron chi connectivity index (χ1n) is 6.36. The van der Waals surface area contributed by atoms with Gasteiger partial charge in [0.2, 0.25) is 0 Å². The maximum absolute atomic E-state index is 5.54. The molecule has 0 bridgehead atoms. The Morgan fingerprint density at radius 1 is 1.31 bits per heavy atom. The highest BCUT2D eigenvalue weighted by molar-refractivity contribution is 5.30. The number of rotatable bonds is 3. The average Bonchev–Trinajstić information content (AvgIpc) is 2.58. The first kappa shape index (κ1) is 11.5. The molecule has 2 heteroatoms. The molecule has 0 aliphatic carbocycles. The summed E-state index contributed by atoms with van der Waals surface area (Å²) in [6, 6.07) is 9.01. The van der Waals surface area contributed by atoms with E-state index in [1.54, 1.807) is 0 Å². The summed E-state index contributed by atoms with van der Waals surface area (Å²) in [6.45, 7) is 3.90. The maximum atomic E-state index is 5.54. The summed E-state index contributed by atoms with van der Waals surface area (Å²) in [4.78, 5) is 0. The second-order valence-corrected chi connectivity index (χ2v) is 4.36. The lowest BCUT2D eigenvalue weighted by Gasteiger charge is -2.17. The zero-order chi connectivity index (χ0) is 11.2. The fourth-order valence-electron chi connectivity index (χ4n) is 2.30. The standard InChI is InChI=1S/C14H21NO/c1-2-16-13-8-6-7-12(11-13)14-9-4-3-5-10-15-14/h6-8,11,14-15H,2-5,9-10H2,1H3. The first-order valence-corrected chi connectivity index (χ1v) is 6.36. The van der Waals surface area contributed by atoms with Crippen molar-refractivity contribution in [1.29, 1.82) is 0 Å². The maximum Gasteiger partial charge on any atom is 0.119 e. The van der Waals surface area contributed by atoms with Gasteiger partial charge < -0.3 is 10.1 Å². The van der Waals surface area contributed by atoms with Gasteiger partial charge in [0.1, 0.15) is 5.75 Å². The van der Waals surface area contributed by atoms with E-state index >= 15 is 0 Å². The van der Waals surface area contributed by atoms with E-state index in [0.29, 0.717) is 6.04 Å². The lowest BCUT2D eigenvalue weighted by molar-refractivity contribution is 0.339. The SMILES string of the molecule is CCOc1cccc(C2CCCCCN2)c1. The third kappa shape index (κ3) is 2.99. The average molecular weight is 219 g/mol. The van der Waals surface area contributed by atoms with E-state index in [1.165, 1.54) is 31.2 Å². The molecule has 1 atom stereocenters. The highest BCUT2D eigenvalue weighted by Gasteiger charge is 2.13. The summed E-state index contributed by atoms with van der Waals surface area (Å²) in [5.74, 6) is 0.992. The van der Waals surface area contributed by atoms with Crippen LogP contribution in [0.3, 0.4) is 0 Å². The molecule has 1 N–H and O–H groups in total. The number of benzene rings is 1. The highest BCUT2D eigenvalue weighted by Crippen LogP contribution is 2.25. The summed E-state index contributed by atoms with van der Waals surface area (Å²) < 4.78 is 5.54. The molecule has 0 aromatic heterocycles. The van der Waals surface area contributed by atoms with Gasteiger partial charge in [0, 0.05) is 6.04 Å². The summed E-state index contributed by atoms with van der Waals surface area (Å²) in [6.07, 6.45) is 5.24. The molecule has 0 amide bonds. The van der Waals surface area contributed by atoms with Crippen LogP contribution in [-0.4, -0.2) is 13.2 Å².